The smallest absolute Gasteiger partial charge is 0.231 e. The molecule has 2 aromatic carbocycles. The molecule has 0 unspecified atom stereocenters. The predicted octanol–water partition coefficient (Wildman–Crippen LogP) is 2.97. The highest BCUT2D eigenvalue weighted by atomic mass is 16.5. The number of tetrazole rings is 1. The summed E-state index contributed by atoms with van der Waals surface area (Å²) in [5.41, 5.74) is 3.02. The number of methoxy groups -OCH3 is 1. The Morgan fingerprint density at radius 2 is 2.11 bits per heavy atom. The first kappa shape index (κ1) is 15.3. The first-order valence-corrected chi connectivity index (χ1v) is 8.20. The fraction of sp³-hybridized carbons (Fsp3) is 0.0526. The third-order valence-electron chi connectivity index (χ3n) is 4.48. The van der Waals surface area contributed by atoms with E-state index in [-0.39, 0.29) is 11.5 Å². The quantitative estimate of drug-likeness (QED) is 0.545. The third kappa shape index (κ3) is 2.46. The van der Waals surface area contributed by atoms with Gasteiger partial charge in [0.2, 0.25) is 11.6 Å². The van der Waals surface area contributed by atoms with Crippen LogP contribution in [0, 0.1) is 0 Å². The number of rotatable bonds is 3. The SMILES string of the molecule is COc1ccc2[nH]cc(/C=C3\Oc4cc(-c5nn[nH]n5)ccc4C3=O)c2c1. The Bertz CT molecular complexity index is 1210. The molecule has 3 heterocycles. The fourth-order valence-electron chi connectivity index (χ4n) is 3.12. The lowest BCUT2D eigenvalue weighted by atomic mass is 10.1. The van der Waals surface area contributed by atoms with Crippen molar-refractivity contribution in [3.63, 3.8) is 0 Å². The van der Waals surface area contributed by atoms with Crippen molar-refractivity contribution < 1.29 is 14.3 Å². The molecule has 0 atom stereocenters. The Hall–Kier alpha value is -3.94. The Morgan fingerprint density at radius 3 is 2.93 bits per heavy atom. The number of hydrogen-bond acceptors (Lipinski definition) is 6. The van der Waals surface area contributed by atoms with Crippen LogP contribution in [0.5, 0.6) is 11.5 Å². The molecule has 5 rings (SSSR count). The number of aromatic nitrogens is 5. The minimum atomic E-state index is -0.165. The number of ketones is 1. The molecule has 0 saturated carbocycles. The van der Waals surface area contributed by atoms with Gasteiger partial charge in [0, 0.05) is 28.2 Å². The molecule has 132 valence electrons. The van der Waals surface area contributed by atoms with Crippen LogP contribution >= 0.6 is 0 Å². The summed E-state index contributed by atoms with van der Waals surface area (Å²) in [5, 5.41) is 14.8. The molecular weight excluding hydrogens is 346 g/mol. The second-order valence-electron chi connectivity index (χ2n) is 6.04. The minimum Gasteiger partial charge on any atom is -0.497 e. The van der Waals surface area contributed by atoms with Gasteiger partial charge >= 0.3 is 0 Å². The lowest BCUT2D eigenvalue weighted by molar-refractivity contribution is 0.101. The van der Waals surface area contributed by atoms with E-state index in [0.29, 0.717) is 22.7 Å². The van der Waals surface area contributed by atoms with Gasteiger partial charge in [0.25, 0.3) is 0 Å². The molecule has 8 nitrogen and oxygen atoms in total. The number of fused-ring (bicyclic) bond motifs is 2. The van der Waals surface area contributed by atoms with Gasteiger partial charge in [-0.05, 0) is 41.6 Å². The average Bonchev–Trinajstić information content (AvgIpc) is 3.42. The second-order valence-corrected chi connectivity index (χ2v) is 6.04. The minimum absolute atomic E-state index is 0.165. The van der Waals surface area contributed by atoms with Crippen LogP contribution in [0.1, 0.15) is 15.9 Å². The van der Waals surface area contributed by atoms with E-state index in [4.69, 9.17) is 9.47 Å². The highest BCUT2D eigenvalue weighted by Crippen LogP contribution is 2.35. The van der Waals surface area contributed by atoms with Gasteiger partial charge in [0.1, 0.15) is 11.5 Å². The van der Waals surface area contributed by atoms with Crippen LogP contribution in [0.25, 0.3) is 28.4 Å². The molecular formula is C19H13N5O3. The van der Waals surface area contributed by atoms with Crippen molar-refractivity contribution in [1.82, 2.24) is 25.6 Å². The van der Waals surface area contributed by atoms with Gasteiger partial charge in [-0.15, -0.1) is 10.2 Å². The zero-order chi connectivity index (χ0) is 18.4. The number of hydrogen-bond donors (Lipinski definition) is 2. The number of ether oxygens (including phenoxy) is 2. The zero-order valence-corrected chi connectivity index (χ0v) is 14.2. The summed E-state index contributed by atoms with van der Waals surface area (Å²) >= 11 is 0. The number of nitrogens with zero attached hydrogens (tertiary/aromatic N) is 3. The van der Waals surface area contributed by atoms with Gasteiger partial charge in [0.15, 0.2) is 5.76 Å². The van der Waals surface area contributed by atoms with Gasteiger partial charge in [-0.2, -0.15) is 5.21 Å². The standard InChI is InChI=1S/C19H13N5O3/c1-26-12-3-5-15-14(8-12)11(9-20-15)7-17-18(25)13-4-2-10(6-16(13)27-17)19-21-23-24-22-19/h2-9,20H,1H3,(H,21,22,23,24)/b17-7-. The molecule has 4 aromatic rings. The van der Waals surface area contributed by atoms with Crippen molar-refractivity contribution in [2.24, 2.45) is 0 Å². The summed E-state index contributed by atoms with van der Waals surface area (Å²) in [6.07, 6.45) is 3.57. The number of Topliss-reactive ketones (excluding diaryl/α,β-unsaturated/α-hetero) is 1. The summed E-state index contributed by atoms with van der Waals surface area (Å²) < 4.78 is 11.1. The van der Waals surface area contributed by atoms with E-state index in [0.717, 1.165) is 22.2 Å². The first-order chi connectivity index (χ1) is 13.2. The van der Waals surface area contributed by atoms with E-state index in [1.54, 1.807) is 31.4 Å². The number of aromatic amines is 2. The molecule has 8 heteroatoms. The predicted molar refractivity (Wildman–Crippen MR) is 97.4 cm³/mol. The maximum absolute atomic E-state index is 12.7. The van der Waals surface area contributed by atoms with Crippen LogP contribution in [0.2, 0.25) is 0 Å². The van der Waals surface area contributed by atoms with Crippen LogP contribution in [-0.2, 0) is 0 Å². The monoisotopic (exact) mass is 359 g/mol. The second kappa shape index (κ2) is 5.80. The lowest BCUT2D eigenvalue weighted by Gasteiger charge is -2.01. The molecule has 0 aliphatic carbocycles. The van der Waals surface area contributed by atoms with E-state index in [2.05, 4.69) is 25.6 Å². The van der Waals surface area contributed by atoms with Crippen molar-refractivity contribution >= 4 is 22.8 Å². The normalized spacial score (nSPS) is 14.6. The summed E-state index contributed by atoms with van der Waals surface area (Å²) in [6, 6.07) is 10.9. The summed E-state index contributed by atoms with van der Waals surface area (Å²) in [7, 11) is 1.62. The van der Waals surface area contributed by atoms with Crippen LogP contribution in [0.4, 0.5) is 0 Å². The molecule has 0 spiro atoms. The molecule has 2 aromatic heterocycles. The Balaban J connectivity index is 1.54. The molecule has 0 amide bonds. The molecule has 0 bridgehead atoms. The van der Waals surface area contributed by atoms with Gasteiger partial charge in [-0.25, -0.2) is 0 Å². The molecule has 1 aliphatic heterocycles. The van der Waals surface area contributed by atoms with Crippen molar-refractivity contribution in [2.45, 2.75) is 0 Å². The first-order valence-electron chi connectivity index (χ1n) is 8.20. The molecule has 0 saturated heterocycles. The summed E-state index contributed by atoms with van der Waals surface area (Å²) in [6.45, 7) is 0. The van der Waals surface area contributed by atoms with Crippen molar-refractivity contribution in [3.05, 3.63) is 59.5 Å². The largest absolute Gasteiger partial charge is 0.497 e. The number of benzene rings is 2. The average molecular weight is 359 g/mol. The highest BCUT2D eigenvalue weighted by Gasteiger charge is 2.28. The van der Waals surface area contributed by atoms with Crippen molar-refractivity contribution in [1.29, 1.82) is 0 Å². The summed E-state index contributed by atoms with van der Waals surface area (Å²) in [4.78, 5) is 15.9. The molecule has 27 heavy (non-hydrogen) atoms. The number of carbonyl (C=O) groups excluding carboxylic acids is 1. The maximum Gasteiger partial charge on any atom is 0.231 e. The molecule has 1 aliphatic rings. The Labute approximate surface area is 152 Å². The summed E-state index contributed by atoms with van der Waals surface area (Å²) in [5.74, 6) is 1.76. The van der Waals surface area contributed by atoms with Crippen LogP contribution < -0.4 is 9.47 Å². The number of H-pyrrole nitrogens is 2. The molecule has 0 fully saturated rings. The highest BCUT2D eigenvalue weighted by molar-refractivity contribution is 6.15. The lowest BCUT2D eigenvalue weighted by Crippen LogP contribution is -1.97. The van der Waals surface area contributed by atoms with Gasteiger partial charge in [-0.1, -0.05) is 6.07 Å². The molecule has 2 N–H and O–H groups in total. The van der Waals surface area contributed by atoms with E-state index in [1.165, 1.54) is 0 Å². The van der Waals surface area contributed by atoms with E-state index in [9.17, 15) is 4.79 Å². The Kier molecular flexibility index (Phi) is 3.29. The molecule has 0 radical (unpaired) electrons. The zero-order valence-electron chi connectivity index (χ0n) is 14.2. The third-order valence-corrected chi connectivity index (χ3v) is 4.48. The van der Waals surface area contributed by atoms with Crippen LogP contribution in [0.3, 0.4) is 0 Å². The number of nitrogens with one attached hydrogen (secondary N) is 2. The van der Waals surface area contributed by atoms with E-state index >= 15 is 0 Å². The van der Waals surface area contributed by atoms with E-state index in [1.807, 2.05) is 24.4 Å². The van der Waals surface area contributed by atoms with Crippen LogP contribution in [0.15, 0.2) is 48.4 Å². The number of allylic oxidation sites excluding steroid dienone is 1. The van der Waals surface area contributed by atoms with Crippen molar-refractivity contribution in [3.8, 4) is 22.9 Å². The number of carbonyl (C=O) groups is 1. The van der Waals surface area contributed by atoms with Gasteiger partial charge in [-0.3, -0.25) is 4.79 Å². The van der Waals surface area contributed by atoms with Gasteiger partial charge < -0.3 is 14.5 Å². The van der Waals surface area contributed by atoms with Crippen LogP contribution in [-0.4, -0.2) is 38.5 Å². The van der Waals surface area contributed by atoms with Crippen molar-refractivity contribution in [2.75, 3.05) is 7.11 Å². The topological polar surface area (TPSA) is 106 Å². The Morgan fingerprint density at radius 1 is 1.19 bits per heavy atom. The fourth-order valence-corrected chi connectivity index (χ4v) is 3.12. The maximum atomic E-state index is 12.7. The van der Waals surface area contributed by atoms with Gasteiger partial charge in [0.05, 0.1) is 12.7 Å². The van der Waals surface area contributed by atoms with E-state index < -0.39 is 0 Å².